The van der Waals surface area contributed by atoms with Crippen molar-refractivity contribution in [2.75, 3.05) is 25.0 Å². The van der Waals surface area contributed by atoms with Crippen molar-refractivity contribution in [2.45, 2.75) is 13.3 Å². The zero-order valence-corrected chi connectivity index (χ0v) is 11.3. The van der Waals surface area contributed by atoms with E-state index in [0.717, 1.165) is 18.7 Å². The molecule has 0 radical (unpaired) electrons. The Morgan fingerprint density at radius 1 is 1.20 bits per heavy atom. The minimum Gasteiger partial charge on any atom is -0.385 e. The number of hydrogen-bond donors (Lipinski definition) is 2. The number of nitrogens with one attached hydrogen (secondary N) is 2. The van der Waals surface area contributed by atoms with Gasteiger partial charge in [-0.2, -0.15) is 0 Å². The van der Waals surface area contributed by atoms with Crippen LogP contribution in [0, 0.1) is 0 Å². The molecule has 6 nitrogen and oxygen atoms in total. The second kappa shape index (κ2) is 6.18. The van der Waals surface area contributed by atoms with E-state index < -0.39 is 11.8 Å². The van der Waals surface area contributed by atoms with Crippen LogP contribution in [0.5, 0.6) is 0 Å². The molecule has 3 amide bonds. The van der Waals surface area contributed by atoms with Crippen molar-refractivity contribution >= 4 is 23.4 Å². The Kier molecular flexibility index (Phi) is 4.34. The molecule has 1 aliphatic rings. The van der Waals surface area contributed by atoms with Gasteiger partial charge < -0.3 is 10.2 Å². The van der Waals surface area contributed by atoms with E-state index in [9.17, 15) is 14.4 Å². The van der Waals surface area contributed by atoms with Crippen LogP contribution >= 0.6 is 0 Å². The van der Waals surface area contributed by atoms with E-state index in [2.05, 4.69) is 17.6 Å². The Bertz CT molecular complexity index is 509. The van der Waals surface area contributed by atoms with Crippen molar-refractivity contribution in [3.05, 3.63) is 29.8 Å². The summed E-state index contributed by atoms with van der Waals surface area (Å²) < 4.78 is 0. The molecule has 1 aromatic carbocycles. The van der Waals surface area contributed by atoms with E-state index in [0.29, 0.717) is 5.56 Å². The minimum atomic E-state index is -0.448. The van der Waals surface area contributed by atoms with Gasteiger partial charge in [-0.1, -0.05) is 6.92 Å². The molecule has 0 aromatic heterocycles. The lowest BCUT2D eigenvalue weighted by molar-refractivity contribution is -0.135. The molecule has 0 bridgehead atoms. The first kappa shape index (κ1) is 14.0. The molecule has 0 unspecified atom stereocenters. The number of anilines is 1. The number of hydrogen-bond acceptors (Lipinski definition) is 4. The van der Waals surface area contributed by atoms with Crippen LogP contribution in [0.25, 0.3) is 0 Å². The fourth-order valence-electron chi connectivity index (χ4n) is 1.96. The second-order valence-corrected chi connectivity index (χ2v) is 4.64. The maximum Gasteiger partial charge on any atom is 0.254 e. The van der Waals surface area contributed by atoms with Crippen LogP contribution in [0.4, 0.5) is 5.69 Å². The number of benzene rings is 1. The van der Waals surface area contributed by atoms with Gasteiger partial charge >= 0.3 is 0 Å². The molecule has 2 rings (SSSR count). The SMILES string of the molecule is CCCNc1ccc(C(=O)N2CC(=O)NC(=O)C2)cc1. The molecular weight excluding hydrogens is 258 g/mol. The molecule has 0 saturated carbocycles. The third kappa shape index (κ3) is 3.34. The molecule has 2 N–H and O–H groups in total. The quantitative estimate of drug-likeness (QED) is 0.789. The van der Waals surface area contributed by atoms with Crippen molar-refractivity contribution in [3.63, 3.8) is 0 Å². The Hall–Kier alpha value is -2.37. The van der Waals surface area contributed by atoms with Gasteiger partial charge in [0.25, 0.3) is 5.91 Å². The standard InChI is InChI=1S/C14H17N3O3/c1-2-7-15-11-5-3-10(4-6-11)14(20)17-8-12(18)16-13(19)9-17/h3-6,15H,2,7-9H2,1H3,(H,16,18,19). The maximum absolute atomic E-state index is 12.2. The second-order valence-electron chi connectivity index (χ2n) is 4.64. The van der Waals surface area contributed by atoms with Crippen LogP contribution in [-0.4, -0.2) is 42.3 Å². The Morgan fingerprint density at radius 3 is 2.35 bits per heavy atom. The van der Waals surface area contributed by atoms with Crippen LogP contribution in [0.2, 0.25) is 0 Å². The molecule has 20 heavy (non-hydrogen) atoms. The van der Waals surface area contributed by atoms with Gasteiger partial charge in [-0.05, 0) is 30.7 Å². The number of nitrogens with zero attached hydrogens (tertiary/aromatic N) is 1. The number of amides is 3. The van der Waals surface area contributed by atoms with Crippen molar-refractivity contribution in [2.24, 2.45) is 0 Å². The molecule has 106 valence electrons. The van der Waals surface area contributed by atoms with Gasteiger partial charge in [-0.3, -0.25) is 19.7 Å². The molecule has 6 heteroatoms. The Morgan fingerprint density at radius 2 is 1.80 bits per heavy atom. The summed E-state index contributed by atoms with van der Waals surface area (Å²) in [6.45, 7) is 2.78. The van der Waals surface area contributed by atoms with Crippen LogP contribution in [0.15, 0.2) is 24.3 Å². The largest absolute Gasteiger partial charge is 0.385 e. The first-order valence-corrected chi connectivity index (χ1v) is 6.56. The van der Waals surface area contributed by atoms with E-state index >= 15 is 0 Å². The third-order valence-electron chi connectivity index (χ3n) is 2.95. The first-order valence-electron chi connectivity index (χ1n) is 6.56. The number of imide groups is 1. The lowest BCUT2D eigenvalue weighted by atomic mass is 10.1. The monoisotopic (exact) mass is 275 g/mol. The third-order valence-corrected chi connectivity index (χ3v) is 2.95. The van der Waals surface area contributed by atoms with Crippen molar-refractivity contribution in [1.29, 1.82) is 0 Å². The van der Waals surface area contributed by atoms with Crippen LogP contribution in [0.3, 0.4) is 0 Å². The molecule has 1 fully saturated rings. The fourth-order valence-corrected chi connectivity index (χ4v) is 1.96. The molecule has 1 aliphatic heterocycles. The minimum absolute atomic E-state index is 0.0829. The van der Waals surface area contributed by atoms with Crippen molar-refractivity contribution in [3.8, 4) is 0 Å². The summed E-state index contributed by atoms with van der Waals surface area (Å²) in [6.07, 6.45) is 1.02. The molecule has 0 spiro atoms. The van der Waals surface area contributed by atoms with Crippen molar-refractivity contribution < 1.29 is 14.4 Å². The number of carbonyl (C=O) groups excluding carboxylic acids is 3. The summed E-state index contributed by atoms with van der Waals surface area (Å²) >= 11 is 0. The lowest BCUT2D eigenvalue weighted by Gasteiger charge is -2.25. The highest BCUT2D eigenvalue weighted by atomic mass is 16.2. The van der Waals surface area contributed by atoms with E-state index in [-0.39, 0.29) is 19.0 Å². The molecule has 1 aromatic rings. The van der Waals surface area contributed by atoms with Gasteiger partial charge in [-0.15, -0.1) is 0 Å². The summed E-state index contributed by atoms with van der Waals surface area (Å²) in [4.78, 5) is 35.9. The summed E-state index contributed by atoms with van der Waals surface area (Å²) in [6, 6.07) is 7.01. The van der Waals surface area contributed by atoms with E-state index in [1.54, 1.807) is 12.1 Å². The highest BCUT2D eigenvalue weighted by molar-refractivity contribution is 6.05. The number of carbonyl (C=O) groups is 3. The van der Waals surface area contributed by atoms with E-state index in [4.69, 9.17) is 0 Å². The predicted octanol–water partition coefficient (Wildman–Crippen LogP) is 0.607. The topological polar surface area (TPSA) is 78.5 Å². The average Bonchev–Trinajstić information content (AvgIpc) is 2.44. The van der Waals surface area contributed by atoms with Gasteiger partial charge in [0, 0.05) is 17.8 Å². The van der Waals surface area contributed by atoms with Gasteiger partial charge in [-0.25, -0.2) is 0 Å². The smallest absolute Gasteiger partial charge is 0.254 e. The summed E-state index contributed by atoms with van der Waals surface area (Å²) in [7, 11) is 0. The van der Waals surface area contributed by atoms with E-state index in [1.807, 2.05) is 12.1 Å². The van der Waals surface area contributed by atoms with Gasteiger partial charge in [0.05, 0.1) is 0 Å². The molecule has 0 atom stereocenters. The van der Waals surface area contributed by atoms with Gasteiger partial charge in [0.1, 0.15) is 13.1 Å². The van der Waals surface area contributed by atoms with Crippen LogP contribution in [-0.2, 0) is 9.59 Å². The van der Waals surface area contributed by atoms with E-state index in [1.165, 1.54) is 4.90 Å². The zero-order chi connectivity index (χ0) is 14.5. The molecular formula is C14H17N3O3. The summed E-state index contributed by atoms with van der Waals surface area (Å²) in [5, 5.41) is 5.38. The average molecular weight is 275 g/mol. The Labute approximate surface area is 117 Å². The Balaban J connectivity index is 2.05. The summed E-state index contributed by atoms with van der Waals surface area (Å²) in [5.41, 5.74) is 1.41. The van der Waals surface area contributed by atoms with Gasteiger partial charge in [0.2, 0.25) is 11.8 Å². The summed E-state index contributed by atoms with van der Waals surface area (Å²) in [5.74, 6) is -1.21. The molecule has 1 heterocycles. The molecule has 1 saturated heterocycles. The zero-order valence-electron chi connectivity index (χ0n) is 11.3. The number of rotatable bonds is 4. The lowest BCUT2D eigenvalue weighted by Crippen LogP contribution is -2.53. The predicted molar refractivity (Wildman–Crippen MR) is 74.3 cm³/mol. The van der Waals surface area contributed by atoms with Crippen molar-refractivity contribution in [1.82, 2.24) is 10.2 Å². The normalized spacial score (nSPS) is 14.9. The fraction of sp³-hybridized carbons (Fsp3) is 0.357. The molecule has 0 aliphatic carbocycles. The highest BCUT2D eigenvalue weighted by Crippen LogP contribution is 2.12. The number of piperazine rings is 1. The first-order chi connectivity index (χ1) is 9.60. The van der Waals surface area contributed by atoms with Crippen LogP contribution < -0.4 is 10.6 Å². The highest BCUT2D eigenvalue weighted by Gasteiger charge is 2.26. The van der Waals surface area contributed by atoms with Crippen LogP contribution in [0.1, 0.15) is 23.7 Å². The van der Waals surface area contributed by atoms with Gasteiger partial charge in [0.15, 0.2) is 0 Å². The maximum atomic E-state index is 12.2.